The second-order valence-electron chi connectivity index (χ2n) is 6.14. The molecule has 2 aromatic carbocycles. The molecule has 0 atom stereocenters. The lowest BCUT2D eigenvalue weighted by Crippen LogP contribution is -2.29. The van der Waals surface area contributed by atoms with Gasteiger partial charge in [-0.2, -0.15) is 0 Å². The predicted molar refractivity (Wildman–Crippen MR) is 103 cm³/mol. The van der Waals surface area contributed by atoms with E-state index in [9.17, 15) is 14.4 Å². The maximum absolute atomic E-state index is 12.6. The highest BCUT2D eigenvalue weighted by atomic mass is 16.5. The molecule has 8 nitrogen and oxygen atoms in total. The molecule has 0 aliphatic heterocycles. The number of ether oxygens (including phenoxy) is 2. The molecule has 8 heteroatoms. The van der Waals surface area contributed by atoms with Gasteiger partial charge in [-0.1, -0.05) is 0 Å². The average molecular weight is 386 g/mol. The second-order valence-corrected chi connectivity index (χ2v) is 6.14. The van der Waals surface area contributed by atoms with Crippen LogP contribution in [0.3, 0.4) is 0 Å². The summed E-state index contributed by atoms with van der Waals surface area (Å²) in [5.74, 6) is -1.04. The maximum Gasteiger partial charge on any atom is 0.322 e. The van der Waals surface area contributed by atoms with Crippen molar-refractivity contribution in [3.05, 3.63) is 53.6 Å². The number of carboxylic acids is 1. The molecule has 0 saturated heterocycles. The van der Waals surface area contributed by atoms with Crippen LogP contribution in [-0.2, 0) is 4.79 Å². The first kappa shape index (κ1) is 20.8. The first-order chi connectivity index (χ1) is 13.3. The molecule has 0 spiro atoms. The van der Waals surface area contributed by atoms with Gasteiger partial charge >= 0.3 is 5.97 Å². The van der Waals surface area contributed by atoms with Crippen molar-refractivity contribution in [1.82, 2.24) is 5.32 Å². The van der Waals surface area contributed by atoms with Gasteiger partial charge in [0.15, 0.2) is 0 Å². The van der Waals surface area contributed by atoms with Crippen molar-refractivity contribution in [2.24, 2.45) is 0 Å². The monoisotopic (exact) mass is 386 g/mol. The van der Waals surface area contributed by atoms with Crippen LogP contribution in [0.5, 0.6) is 11.5 Å². The van der Waals surface area contributed by atoms with Crippen LogP contribution in [0.15, 0.2) is 42.5 Å². The number of rotatable bonds is 8. The minimum atomic E-state index is -1.13. The first-order valence-electron chi connectivity index (χ1n) is 8.56. The Labute approximate surface area is 162 Å². The molecule has 3 N–H and O–H groups in total. The van der Waals surface area contributed by atoms with Crippen LogP contribution >= 0.6 is 0 Å². The Hall–Kier alpha value is -3.55. The van der Waals surface area contributed by atoms with E-state index in [0.29, 0.717) is 22.7 Å². The highest BCUT2D eigenvalue weighted by Gasteiger charge is 2.16. The number of nitrogens with one attached hydrogen (secondary N) is 2. The normalized spacial score (nSPS) is 10.3. The van der Waals surface area contributed by atoms with Crippen LogP contribution in [0.4, 0.5) is 5.69 Å². The number of benzene rings is 2. The lowest BCUT2D eigenvalue weighted by molar-refractivity contribution is -0.135. The van der Waals surface area contributed by atoms with Crippen molar-refractivity contribution < 1.29 is 29.0 Å². The molecule has 0 heterocycles. The largest absolute Gasteiger partial charge is 0.497 e. The minimum Gasteiger partial charge on any atom is -0.497 e. The van der Waals surface area contributed by atoms with E-state index in [2.05, 4.69) is 10.6 Å². The van der Waals surface area contributed by atoms with E-state index in [1.54, 1.807) is 30.3 Å². The number of carbonyl (C=O) groups excluding carboxylic acids is 2. The lowest BCUT2D eigenvalue weighted by Gasteiger charge is -2.15. The zero-order valence-corrected chi connectivity index (χ0v) is 15.8. The van der Waals surface area contributed by atoms with Crippen LogP contribution in [0, 0.1) is 0 Å². The highest BCUT2D eigenvalue weighted by Crippen LogP contribution is 2.26. The van der Waals surface area contributed by atoms with Gasteiger partial charge in [-0.05, 0) is 50.2 Å². The van der Waals surface area contributed by atoms with E-state index < -0.39 is 18.4 Å². The molecule has 0 saturated carbocycles. The highest BCUT2D eigenvalue weighted by molar-refractivity contribution is 6.06. The van der Waals surface area contributed by atoms with Gasteiger partial charge in [0.1, 0.15) is 18.0 Å². The van der Waals surface area contributed by atoms with Gasteiger partial charge in [0.25, 0.3) is 11.8 Å². The van der Waals surface area contributed by atoms with Crippen LogP contribution in [0.2, 0.25) is 0 Å². The number of aliphatic carboxylic acids is 1. The standard InChI is InChI=1S/C20H22N2O6/c1-12(2)28-17-10-15(27-3)8-9-16(17)20(26)22-14-6-4-13(5-7-14)19(25)21-11-18(23)24/h4-10,12H,11H2,1-3H3,(H,21,25)(H,22,26)(H,23,24). The number of methoxy groups -OCH3 is 1. The van der Waals surface area contributed by atoms with Gasteiger partial charge < -0.3 is 25.2 Å². The van der Waals surface area contributed by atoms with Crippen molar-refractivity contribution in [3.63, 3.8) is 0 Å². The van der Waals surface area contributed by atoms with Gasteiger partial charge in [0, 0.05) is 17.3 Å². The summed E-state index contributed by atoms with van der Waals surface area (Å²) in [4.78, 5) is 35.0. The summed E-state index contributed by atoms with van der Waals surface area (Å²) in [5, 5.41) is 13.6. The SMILES string of the molecule is COc1ccc(C(=O)Nc2ccc(C(=O)NCC(=O)O)cc2)c(OC(C)C)c1. The molecule has 0 unspecified atom stereocenters. The predicted octanol–water partition coefficient (Wildman–Crippen LogP) is 2.55. The van der Waals surface area contributed by atoms with E-state index in [4.69, 9.17) is 14.6 Å². The summed E-state index contributed by atoms with van der Waals surface area (Å²) in [6, 6.07) is 11.0. The van der Waals surface area contributed by atoms with Crippen molar-refractivity contribution in [2.75, 3.05) is 19.0 Å². The number of hydrogen-bond donors (Lipinski definition) is 3. The Morgan fingerprint density at radius 3 is 2.29 bits per heavy atom. The summed E-state index contributed by atoms with van der Waals surface area (Å²) in [5.41, 5.74) is 1.11. The summed E-state index contributed by atoms with van der Waals surface area (Å²) in [6.07, 6.45) is -0.123. The molecule has 0 aromatic heterocycles. The number of carbonyl (C=O) groups is 3. The Morgan fingerprint density at radius 2 is 1.71 bits per heavy atom. The number of carboxylic acid groups (broad SMARTS) is 1. The van der Waals surface area contributed by atoms with Gasteiger partial charge in [-0.3, -0.25) is 14.4 Å². The molecule has 2 aromatic rings. The summed E-state index contributed by atoms with van der Waals surface area (Å²) >= 11 is 0. The first-order valence-corrected chi connectivity index (χ1v) is 8.56. The Morgan fingerprint density at radius 1 is 1.04 bits per heavy atom. The molecule has 0 aliphatic carbocycles. The molecule has 0 fully saturated rings. The molecule has 148 valence electrons. The zero-order valence-electron chi connectivity index (χ0n) is 15.8. The van der Waals surface area contributed by atoms with E-state index in [0.717, 1.165) is 0 Å². The number of hydrogen-bond acceptors (Lipinski definition) is 5. The summed E-state index contributed by atoms with van der Waals surface area (Å²) in [7, 11) is 1.53. The van der Waals surface area contributed by atoms with Crippen LogP contribution in [-0.4, -0.2) is 42.6 Å². The molecule has 2 amide bonds. The average Bonchev–Trinajstić information content (AvgIpc) is 2.66. The van der Waals surface area contributed by atoms with Crippen molar-refractivity contribution >= 4 is 23.5 Å². The van der Waals surface area contributed by atoms with Crippen LogP contribution in [0.1, 0.15) is 34.6 Å². The fourth-order valence-electron chi connectivity index (χ4n) is 2.33. The fraction of sp³-hybridized carbons (Fsp3) is 0.250. The third kappa shape index (κ3) is 5.73. The van der Waals surface area contributed by atoms with Gasteiger partial charge in [0.05, 0.1) is 18.8 Å². The van der Waals surface area contributed by atoms with Crippen molar-refractivity contribution in [3.8, 4) is 11.5 Å². The summed E-state index contributed by atoms with van der Waals surface area (Å²) < 4.78 is 10.9. The lowest BCUT2D eigenvalue weighted by atomic mass is 10.1. The van der Waals surface area contributed by atoms with Gasteiger partial charge in [-0.25, -0.2) is 0 Å². The molecule has 28 heavy (non-hydrogen) atoms. The Bertz CT molecular complexity index is 861. The van der Waals surface area contributed by atoms with Crippen LogP contribution in [0.25, 0.3) is 0 Å². The second kappa shape index (κ2) is 9.40. The quantitative estimate of drug-likeness (QED) is 0.642. The van der Waals surface area contributed by atoms with E-state index in [1.165, 1.54) is 19.2 Å². The third-order valence-corrected chi connectivity index (χ3v) is 3.60. The molecule has 0 aliphatic rings. The summed E-state index contributed by atoms with van der Waals surface area (Å²) in [6.45, 7) is 3.25. The van der Waals surface area contributed by atoms with E-state index in [1.807, 2.05) is 13.8 Å². The maximum atomic E-state index is 12.6. The van der Waals surface area contributed by atoms with Gasteiger partial charge in [-0.15, -0.1) is 0 Å². The van der Waals surface area contributed by atoms with Gasteiger partial charge in [0.2, 0.25) is 0 Å². The smallest absolute Gasteiger partial charge is 0.322 e. The third-order valence-electron chi connectivity index (χ3n) is 3.60. The van der Waals surface area contributed by atoms with Crippen molar-refractivity contribution in [1.29, 1.82) is 0 Å². The molecular weight excluding hydrogens is 364 g/mol. The zero-order chi connectivity index (χ0) is 20.7. The van der Waals surface area contributed by atoms with Crippen molar-refractivity contribution in [2.45, 2.75) is 20.0 Å². The number of amides is 2. The molecule has 2 rings (SSSR count). The molecule has 0 bridgehead atoms. The number of anilines is 1. The molecular formula is C20H22N2O6. The van der Waals surface area contributed by atoms with E-state index in [-0.39, 0.29) is 17.6 Å². The minimum absolute atomic E-state index is 0.123. The fourth-order valence-corrected chi connectivity index (χ4v) is 2.33. The Kier molecular flexibility index (Phi) is 6.97. The van der Waals surface area contributed by atoms with E-state index >= 15 is 0 Å². The van der Waals surface area contributed by atoms with Crippen LogP contribution < -0.4 is 20.1 Å². The Balaban J connectivity index is 2.12. The molecule has 0 radical (unpaired) electrons. The topological polar surface area (TPSA) is 114 Å².